The summed E-state index contributed by atoms with van der Waals surface area (Å²) in [6.07, 6.45) is 3.66. The fourth-order valence-electron chi connectivity index (χ4n) is 3.01. The van der Waals surface area contributed by atoms with Gasteiger partial charge in [-0.3, -0.25) is 13.6 Å². The molecule has 0 aromatic rings. The van der Waals surface area contributed by atoms with E-state index < -0.39 is 60.5 Å². The highest BCUT2D eigenvalue weighted by Crippen LogP contribution is 2.57. The van der Waals surface area contributed by atoms with Crippen LogP contribution in [0.25, 0.3) is 0 Å². The minimum absolute atomic E-state index is 0.570. The Morgan fingerprint density at radius 1 is 0.903 bits per heavy atom. The SMILES string of the molecule is COP(=O)(OC)OCC(C1C=CC=CC1(C)C)(S(=O)(=O)C(F)(F)F)S(=O)(=O)C(F)(F)F. The predicted molar refractivity (Wildman–Crippen MR) is 95.8 cm³/mol. The minimum Gasteiger partial charge on any atom is -0.290 e. The van der Waals surface area contributed by atoms with Crippen molar-refractivity contribution in [3.63, 3.8) is 0 Å². The van der Waals surface area contributed by atoms with Crippen LogP contribution in [0.3, 0.4) is 0 Å². The van der Waals surface area contributed by atoms with Crippen LogP contribution in [0.2, 0.25) is 0 Å². The van der Waals surface area contributed by atoms with Crippen LogP contribution in [0.15, 0.2) is 24.3 Å². The van der Waals surface area contributed by atoms with E-state index in [1.54, 1.807) is 0 Å². The van der Waals surface area contributed by atoms with Crippen LogP contribution < -0.4 is 0 Å². The number of sulfone groups is 2. The Morgan fingerprint density at radius 2 is 1.32 bits per heavy atom. The lowest BCUT2D eigenvalue weighted by atomic mass is 9.74. The number of allylic oxidation sites excluding steroid dienone is 4. The quantitative estimate of drug-likeness (QED) is 0.349. The second kappa shape index (κ2) is 8.45. The van der Waals surface area contributed by atoms with E-state index in [0.29, 0.717) is 20.3 Å². The van der Waals surface area contributed by atoms with Gasteiger partial charge < -0.3 is 0 Å². The monoisotopic (exact) mass is 524 g/mol. The van der Waals surface area contributed by atoms with Gasteiger partial charge in [0.1, 0.15) is 0 Å². The lowest BCUT2D eigenvalue weighted by Gasteiger charge is -2.45. The summed E-state index contributed by atoms with van der Waals surface area (Å²) in [5, 5.41) is 0. The molecule has 0 amide bonds. The number of hydrogen-bond acceptors (Lipinski definition) is 8. The number of hydrogen-bond donors (Lipinski definition) is 0. The third-order valence-corrected chi connectivity index (χ3v) is 11.0. The van der Waals surface area contributed by atoms with Gasteiger partial charge >= 0.3 is 18.8 Å². The van der Waals surface area contributed by atoms with Crippen molar-refractivity contribution >= 4 is 27.5 Å². The van der Waals surface area contributed by atoms with Gasteiger partial charge in [0, 0.05) is 20.1 Å². The van der Waals surface area contributed by atoms with Crippen molar-refractivity contribution in [2.75, 3.05) is 20.8 Å². The molecule has 0 aliphatic heterocycles. The first-order valence-corrected chi connectivity index (χ1v) is 12.4. The molecule has 182 valence electrons. The zero-order valence-corrected chi connectivity index (χ0v) is 18.9. The van der Waals surface area contributed by atoms with Gasteiger partial charge in [-0.15, -0.1) is 0 Å². The maximum atomic E-state index is 13.6. The Kier molecular flexibility index (Phi) is 7.66. The highest BCUT2D eigenvalue weighted by molar-refractivity contribution is 8.11. The summed E-state index contributed by atoms with van der Waals surface area (Å²) in [5.41, 5.74) is -14.8. The average molecular weight is 524 g/mol. The smallest absolute Gasteiger partial charge is 0.290 e. The van der Waals surface area contributed by atoms with Crippen LogP contribution in [0.4, 0.5) is 26.3 Å². The molecule has 0 saturated carbocycles. The predicted octanol–water partition coefficient (Wildman–Crippen LogP) is 3.74. The fraction of sp³-hybridized carbons (Fsp3) is 0.714. The topological polar surface area (TPSA) is 113 Å². The summed E-state index contributed by atoms with van der Waals surface area (Å²) < 4.78 is 152. The second-order valence-electron chi connectivity index (χ2n) is 6.84. The van der Waals surface area contributed by atoms with Crippen molar-refractivity contribution in [1.29, 1.82) is 0 Å². The first-order chi connectivity index (χ1) is 13.7. The van der Waals surface area contributed by atoms with Crippen LogP contribution in [-0.2, 0) is 37.8 Å². The lowest BCUT2D eigenvalue weighted by Crippen LogP contribution is -2.64. The molecule has 0 aromatic carbocycles. The Labute approximate surface area is 174 Å². The first-order valence-electron chi connectivity index (χ1n) is 8.01. The standard InChI is InChI=1S/C14H19F6O8PS2/c1-11(2)8-6-5-7-10(11)12(30(22,23)13(15,16)17,31(24,25)14(18,19)20)9-28-29(21,26-3)27-4/h5-8,10H,9H2,1-4H3. The van der Waals surface area contributed by atoms with E-state index in [1.807, 2.05) is 0 Å². The van der Waals surface area contributed by atoms with Crippen LogP contribution in [0.5, 0.6) is 0 Å². The van der Waals surface area contributed by atoms with Gasteiger partial charge in [0.15, 0.2) is 0 Å². The van der Waals surface area contributed by atoms with E-state index in [4.69, 9.17) is 0 Å². The molecule has 0 heterocycles. The summed E-state index contributed by atoms with van der Waals surface area (Å²) >= 11 is 0. The molecular weight excluding hydrogens is 505 g/mol. The van der Waals surface area contributed by atoms with Crippen LogP contribution in [-0.4, -0.2) is 52.8 Å². The maximum absolute atomic E-state index is 13.6. The van der Waals surface area contributed by atoms with Crippen LogP contribution in [0, 0.1) is 11.3 Å². The largest absolute Gasteiger partial charge is 0.499 e. The second-order valence-corrected chi connectivity index (χ2v) is 13.4. The fourth-order valence-corrected chi connectivity index (χ4v) is 8.27. The van der Waals surface area contributed by atoms with Crippen molar-refractivity contribution in [1.82, 2.24) is 0 Å². The summed E-state index contributed by atoms with van der Waals surface area (Å²) in [7, 11) is -18.1. The molecule has 0 bridgehead atoms. The Balaban J connectivity index is 4.16. The molecular formula is C14H19F6O8PS2. The van der Waals surface area contributed by atoms with E-state index in [0.717, 1.165) is 26.0 Å². The van der Waals surface area contributed by atoms with E-state index in [-0.39, 0.29) is 0 Å². The van der Waals surface area contributed by atoms with Gasteiger partial charge in [-0.1, -0.05) is 38.2 Å². The molecule has 0 spiro atoms. The molecule has 0 saturated heterocycles. The third-order valence-electron chi connectivity index (χ3n) is 4.61. The van der Waals surface area contributed by atoms with Gasteiger partial charge in [-0.2, -0.15) is 26.3 Å². The van der Waals surface area contributed by atoms with Crippen molar-refractivity contribution in [3.8, 4) is 0 Å². The summed E-state index contributed by atoms with van der Waals surface area (Å²) in [4.78, 5) is 0. The lowest BCUT2D eigenvalue weighted by molar-refractivity contribution is -0.0526. The van der Waals surface area contributed by atoms with Gasteiger partial charge in [-0.25, -0.2) is 21.4 Å². The van der Waals surface area contributed by atoms with E-state index in [9.17, 15) is 47.7 Å². The molecule has 0 aromatic heterocycles. The molecule has 31 heavy (non-hydrogen) atoms. The van der Waals surface area contributed by atoms with E-state index in [2.05, 4.69) is 13.6 Å². The molecule has 8 nitrogen and oxygen atoms in total. The molecule has 1 rings (SSSR count). The molecule has 1 aliphatic rings. The number of phosphoric acid groups is 1. The molecule has 0 fully saturated rings. The Hall–Kier alpha value is -0.930. The van der Waals surface area contributed by atoms with Crippen molar-refractivity contribution < 1.29 is 61.3 Å². The zero-order valence-electron chi connectivity index (χ0n) is 16.4. The molecule has 1 aliphatic carbocycles. The number of halogens is 6. The molecule has 0 radical (unpaired) electrons. The van der Waals surface area contributed by atoms with Crippen molar-refractivity contribution in [2.45, 2.75) is 28.9 Å². The number of rotatable bonds is 8. The Morgan fingerprint density at radius 3 is 1.65 bits per heavy atom. The number of alkyl halides is 6. The highest BCUT2D eigenvalue weighted by Gasteiger charge is 2.77. The van der Waals surface area contributed by atoms with Gasteiger partial charge in [0.05, 0.1) is 6.61 Å². The molecule has 17 heteroatoms. The minimum atomic E-state index is -7.20. The highest BCUT2D eigenvalue weighted by atomic mass is 32.3. The maximum Gasteiger partial charge on any atom is 0.499 e. The zero-order chi connectivity index (χ0) is 24.7. The number of phosphoric ester groups is 1. The molecule has 1 atom stereocenters. The average Bonchev–Trinajstić information content (AvgIpc) is 2.60. The van der Waals surface area contributed by atoms with E-state index in [1.165, 1.54) is 6.08 Å². The van der Waals surface area contributed by atoms with Crippen molar-refractivity contribution in [2.24, 2.45) is 11.3 Å². The molecule has 1 unspecified atom stereocenters. The normalized spacial score (nSPS) is 20.8. The summed E-state index contributed by atoms with van der Waals surface area (Å²) in [5.74, 6) is -2.48. The van der Waals surface area contributed by atoms with Crippen LogP contribution >= 0.6 is 7.82 Å². The van der Waals surface area contributed by atoms with Crippen molar-refractivity contribution in [3.05, 3.63) is 24.3 Å². The molecule has 0 N–H and O–H groups in total. The summed E-state index contributed by atoms with van der Waals surface area (Å²) in [6, 6.07) is 0. The third kappa shape index (κ3) is 4.60. The van der Waals surface area contributed by atoms with E-state index >= 15 is 0 Å². The van der Waals surface area contributed by atoms with Crippen LogP contribution in [0.1, 0.15) is 13.8 Å². The van der Waals surface area contributed by atoms with Gasteiger partial charge in [-0.05, 0) is 5.41 Å². The van der Waals surface area contributed by atoms with Gasteiger partial charge in [0.2, 0.25) is 4.08 Å². The summed E-state index contributed by atoms with van der Waals surface area (Å²) in [6.45, 7) is -0.311. The van der Waals surface area contributed by atoms with Gasteiger partial charge in [0.25, 0.3) is 19.7 Å². The first kappa shape index (κ1) is 28.1. The Bertz CT molecular complexity index is 943.